The van der Waals surface area contributed by atoms with E-state index in [2.05, 4.69) is 25.2 Å². The van der Waals surface area contributed by atoms with Crippen molar-refractivity contribution in [3.63, 3.8) is 0 Å². The Labute approximate surface area is 204 Å². The van der Waals surface area contributed by atoms with Crippen LogP contribution < -0.4 is 10.1 Å². The minimum Gasteiger partial charge on any atom is -0.491 e. The summed E-state index contributed by atoms with van der Waals surface area (Å²) < 4.78 is 11.4. The molecule has 0 radical (unpaired) electrons. The van der Waals surface area contributed by atoms with E-state index < -0.39 is 0 Å². The maximum atomic E-state index is 13.1. The van der Waals surface area contributed by atoms with E-state index in [-0.39, 0.29) is 18.0 Å². The summed E-state index contributed by atoms with van der Waals surface area (Å²) in [5.74, 6) is 2.09. The lowest BCUT2D eigenvalue weighted by atomic mass is 9.96. The lowest BCUT2D eigenvalue weighted by Crippen LogP contribution is -2.52. The van der Waals surface area contributed by atoms with E-state index in [1.165, 1.54) is 0 Å². The van der Waals surface area contributed by atoms with Gasteiger partial charge in [-0.15, -0.1) is 0 Å². The summed E-state index contributed by atoms with van der Waals surface area (Å²) in [6, 6.07) is 3.90. The summed E-state index contributed by atoms with van der Waals surface area (Å²) in [5.41, 5.74) is 3.13. The number of carbonyl (C=O) groups is 1. The maximum Gasteiger partial charge on any atom is 0.239 e. The number of ether oxygens (including phenoxy) is 2. The second-order valence-corrected chi connectivity index (χ2v) is 9.21. The minimum absolute atomic E-state index is 0.137. The molecule has 3 aromatic rings. The van der Waals surface area contributed by atoms with E-state index in [0.29, 0.717) is 49.1 Å². The highest BCUT2D eigenvalue weighted by Gasteiger charge is 2.33. The van der Waals surface area contributed by atoms with Crippen LogP contribution in [0, 0.1) is 0 Å². The van der Waals surface area contributed by atoms with Gasteiger partial charge in [-0.1, -0.05) is 0 Å². The van der Waals surface area contributed by atoms with Crippen LogP contribution in [-0.2, 0) is 16.1 Å². The molecule has 4 heterocycles. The van der Waals surface area contributed by atoms with Crippen molar-refractivity contribution in [2.24, 2.45) is 0 Å². The Morgan fingerprint density at radius 3 is 2.77 bits per heavy atom. The summed E-state index contributed by atoms with van der Waals surface area (Å²) >= 11 is 0. The van der Waals surface area contributed by atoms with Crippen molar-refractivity contribution in [3.05, 3.63) is 36.5 Å². The molecule has 10 nitrogen and oxygen atoms in total. The molecule has 0 unspecified atom stereocenters. The van der Waals surface area contributed by atoms with Gasteiger partial charge in [0.25, 0.3) is 0 Å². The molecule has 2 aliphatic heterocycles. The Balaban J connectivity index is 1.55. The van der Waals surface area contributed by atoms with Gasteiger partial charge in [0.05, 0.1) is 24.4 Å². The summed E-state index contributed by atoms with van der Waals surface area (Å²) in [6.07, 6.45) is 7.66. The highest BCUT2D eigenvalue weighted by molar-refractivity contribution is 5.90. The third-order valence-corrected chi connectivity index (χ3v) is 6.73. The van der Waals surface area contributed by atoms with Crippen LogP contribution in [0.25, 0.3) is 22.2 Å². The smallest absolute Gasteiger partial charge is 0.239 e. The molecule has 0 spiro atoms. The van der Waals surface area contributed by atoms with E-state index >= 15 is 0 Å². The molecule has 1 N–H and O–H groups in total. The molecule has 10 heteroatoms. The molecule has 35 heavy (non-hydrogen) atoms. The van der Waals surface area contributed by atoms with Crippen molar-refractivity contribution < 1.29 is 14.3 Å². The number of aromatic nitrogens is 4. The Hall–Kier alpha value is -3.37. The lowest BCUT2D eigenvalue weighted by Gasteiger charge is -2.38. The summed E-state index contributed by atoms with van der Waals surface area (Å²) in [7, 11) is 5.51. The minimum atomic E-state index is -0.147. The number of amides is 1. The monoisotopic (exact) mass is 477 g/mol. The zero-order valence-electron chi connectivity index (χ0n) is 20.4. The molecule has 0 aliphatic carbocycles. The van der Waals surface area contributed by atoms with Crippen LogP contribution in [0.4, 0.5) is 5.82 Å². The van der Waals surface area contributed by atoms with Crippen LogP contribution in [0.1, 0.15) is 25.1 Å². The van der Waals surface area contributed by atoms with Gasteiger partial charge in [0.2, 0.25) is 5.91 Å². The normalized spacial score (nSPS) is 21.5. The second-order valence-electron chi connectivity index (χ2n) is 9.21. The molecule has 0 saturated carbocycles. The van der Waals surface area contributed by atoms with Gasteiger partial charge in [-0.25, -0.2) is 15.0 Å². The first-order valence-electron chi connectivity index (χ1n) is 12.0. The number of hydrogen-bond donors (Lipinski definition) is 1. The summed E-state index contributed by atoms with van der Waals surface area (Å²) in [4.78, 5) is 35.5. The molecule has 1 fully saturated rings. The predicted octanol–water partition coefficient (Wildman–Crippen LogP) is 2.35. The van der Waals surface area contributed by atoms with Crippen LogP contribution in [0.15, 0.2) is 30.7 Å². The van der Waals surface area contributed by atoms with Crippen LogP contribution in [0.2, 0.25) is 0 Å². The van der Waals surface area contributed by atoms with Gasteiger partial charge in [-0.2, -0.15) is 0 Å². The lowest BCUT2D eigenvalue weighted by molar-refractivity contribution is -0.136. The molecule has 4 bridgehead atoms. The fourth-order valence-electron chi connectivity index (χ4n) is 4.75. The maximum absolute atomic E-state index is 13.1. The highest BCUT2D eigenvalue weighted by atomic mass is 16.5. The van der Waals surface area contributed by atoms with Crippen molar-refractivity contribution >= 4 is 22.8 Å². The first-order valence-corrected chi connectivity index (χ1v) is 12.0. The molecule has 2 aromatic heterocycles. The van der Waals surface area contributed by atoms with Gasteiger partial charge in [0, 0.05) is 56.8 Å². The van der Waals surface area contributed by atoms with E-state index in [0.717, 1.165) is 36.0 Å². The zero-order valence-corrected chi connectivity index (χ0v) is 20.4. The Bertz CT molecular complexity index is 1200. The quantitative estimate of drug-likeness (QED) is 0.608. The third kappa shape index (κ3) is 4.89. The van der Waals surface area contributed by atoms with Crippen LogP contribution in [-0.4, -0.2) is 88.6 Å². The number of rotatable bonds is 3. The molecule has 1 saturated heterocycles. The van der Waals surface area contributed by atoms with E-state index in [9.17, 15) is 4.79 Å². The van der Waals surface area contributed by atoms with Gasteiger partial charge in [-0.3, -0.25) is 14.7 Å². The molecular formula is C25H31N7O3. The Morgan fingerprint density at radius 2 is 1.97 bits per heavy atom. The van der Waals surface area contributed by atoms with Gasteiger partial charge < -0.3 is 19.7 Å². The van der Waals surface area contributed by atoms with E-state index in [1.54, 1.807) is 25.7 Å². The number of piperidine rings is 1. The molecule has 5 rings (SSSR count). The van der Waals surface area contributed by atoms with E-state index in [1.807, 2.05) is 31.1 Å². The summed E-state index contributed by atoms with van der Waals surface area (Å²) in [6.45, 7) is 2.26. The fraction of sp³-hybridized carbons (Fsp3) is 0.480. The van der Waals surface area contributed by atoms with Crippen molar-refractivity contribution in [3.8, 4) is 16.9 Å². The van der Waals surface area contributed by atoms with Crippen molar-refractivity contribution in [2.45, 2.75) is 38.0 Å². The number of carbonyl (C=O) groups excluding carboxylic acids is 1. The third-order valence-electron chi connectivity index (χ3n) is 6.73. The van der Waals surface area contributed by atoms with Gasteiger partial charge >= 0.3 is 0 Å². The average Bonchev–Trinajstić information content (AvgIpc) is 2.87. The molecular weight excluding hydrogens is 446 g/mol. The number of benzene rings is 1. The Morgan fingerprint density at radius 1 is 1.14 bits per heavy atom. The standard InChI is InChI=1S/C25H31N7O3/c1-31-9-7-17-11-20(31)25(33)32(2)8-4-10-35-24-18(16-12-27-22(15-34-3)28-13-16)5-6-19-23(24)30-21(29-17)14-26-19/h5-6,12-14,17,20H,4,7-11,15H2,1-3H3,(H,29,30)/t17-,20-/m0/s1. The Kier molecular flexibility index (Phi) is 6.74. The largest absolute Gasteiger partial charge is 0.491 e. The molecule has 1 aromatic carbocycles. The van der Waals surface area contributed by atoms with Crippen molar-refractivity contribution in [1.29, 1.82) is 0 Å². The van der Waals surface area contributed by atoms with E-state index in [4.69, 9.17) is 14.5 Å². The second kappa shape index (κ2) is 10.1. The SMILES string of the molecule is COCc1ncc(-c2ccc3ncc4nc3c2OCCCN(C)C(=O)[C@@H]2C[C@H](CCN2C)N4)cn1. The number of nitrogens with one attached hydrogen (secondary N) is 1. The first-order chi connectivity index (χ1) is 17.0. The molecule has 184 valence electrons. The topological polar surface area (TPSA) is 106 Å². The number of likely N-dealkylation sites (tertiary alicyclic amines) is 1. The van der Waals surface area contributed by atoms with Crippen LogP contribution >= 0.6 is 0 Å². The van der Waals surface area contributed by atoms with Crippen molar-refractivity contribution in [2.75, 3.05) is 46.2 Å². The fourth-order valence-corrected chi connectivity index (χ4v) is 4.75. The summed E-state index contributed by atoms with van der Waals surface area (Å²) in [5, 5.41) is 3.52. The van der Waals surface area contributed by atoms with Gasteiger partial charge in [-0.05, 0) is 38.4 Å². The number of anilines is 1. The molecule has 2 aliphatic rings. The highest BCUT2D eigenvalue weighted by Crippen LogP contribution is 2.36. The number of fused-ring (bicyclic) bond motifs is 3. The van der Waals surface area contributed by atoms with Gasteiger partial charge in [0.1, 0.15) is 17.9 Å². The first kappa shape index (κ1) is 23.4. The average molecular weight is 478 g/mol. The van der Waals surface area contributed by atoms with Crippen LogP contribution in [0.5, 0.6) is 5.75 Å². The van der Waals surface area contributed by atoms with Crippen molar-refractivity contribution in [1.82, 2.24) is 29.7 Å². The molecule has 2 atom stereocenters. The molecule has 1 amide bonds. The number of methoxy groups -OCH3 is 1. The zero-order chi connectivity index (χ0) is 24.4. The van der Waals surface area contributed by atoms with Gasteiger partial charge in [0.15, 0.2) is 11.6 Å². The number of hydrogen-bond acceptors (Lipinski definition) is 9. The predicted molar refractivity (Wildman–Crippen MR) is 132 cm³/mol. The van der Waals surface area contributed by atoms with Crippen LogP contribution in [0.3, 0.4) is 0 Å². The number of likely N-dealkylation sites (N-methyl/N-ethyl adjacent to an activating group) is 2. The number of nitrogens with zero attached hydrogens (tertiary/aromatic N) is 6.